The van der Waals surface area contributed by atoms with E-state index in [-0.39, 0.29) is 6.04 Å². The molecule has 1 atom stereocenters. The third-order valence-electron chi connectivity index (χ3n) is 3.30. The van der Waals surface area contributed by atoms with Crippen LogP contribution in [-0.4, -0.2) is 0 Å². The highest BCUT2D eigenvalue weighted by Gasteiger charge is 2.21. The highest BCUT2D eigenvalue weighted by molar-refractivity contribution is 5.17. The van der Waals surface area contributed by atoms with Gasteiger partial charge in [-0.05, 0) is 30.9 Å². The van der Waals surface area contributed by atoms with Crippen molar-refractivity contribution in [1.82, 2.24) is 0 Å². The Hall–Kier alpha value is -0.760. The molecule has 0 spiro atoms. The summed E-state index contributed by atoms with van der Waals surface area (Å²) in [6, 6.07) is 2.09. The van der Waals surface area contributed by atoms with E-state index in [1.54, 1.807) is 6.26 Å². The maximum Gasteiger partial charge on any atom is 0.123 e. The summed E-state index contributed by atoms with van der Waals surface area (Å²) in [5.41, 5.74) is 7.32. The van der Waals surface area contributed by atoms with E-state index in [1.807, 2.05) is 6.07 Å². The van der Waals surface area contributed by atoms with Gasteiger partial charge < -0.3 is 10.2 Å². The summed E-state index contributed by atoms with van der Waals surface area (Å²) in [5, 5.41) is 0. The molecule has 0 amide bonds. The fraction of sp³-hybridized carbons (Fsp3) is 0.667. The van der Waals surface area contributed by atoms with Gasteiger partial charge in [-0.2, -0.15) is 0 Å². The van der Waals surface area contributed by atoms with E-state index < -0.39 is 0 Å². The number of furan rings is 1. The van der Waals surface area contributed by atoms with Gasteiger partial charge in [0.15, 0.2) is 0 Å². The van der Waals surface area contributed by atoms with Gasteiger partial charge in [0.2, 0.25) is 0 Å². The molecule has 0 bridgehead atoms. The Balaban J connectivity index is 1.95. The van der Waals surface area contributed by atoms with Crippen molar-refractivity contribution in [1.29, 1.82) is 0 Å². The Morgan fingerprint density at radius 1 is 1.50 bits per heavy atom. The van der Waals surface area contributed by atoms with Gasteiger partial charge in [-0.1, -0.05) is 25.7 Å². The number of hydrogen-bond donors (Lipinski definition) is 1. The Kier molecular flexibility index (Phi) is 2.92. The molecule has 0 radical (unpaired) electrons. The molecule has 1 aromatic rings. The first-order valence-electron chi connectivity index (χ1n) is 5.57. The minimum absolute atomic E-state index is 0.105. The van der Waals surface area contributed by atoms with Crippen LogP contribution in [0.25, 0.3) is 0 Å². The third kappa shape index (κ3) is 2.01. The van der Waals surface area contributed by atoms with Crippen molar-refractivity contribution >= 4 is 0 Å². The van der Waals surface area contributed by atoms with Crippen LogP contribution in [0.3, 0.4) is 0 Å². The number of rotatable bonds is 3. The molecule has 2 rings (SSSR count). The predicted octanol–water partition coefficient (Wildman–Crippen LogP) is 3.17. The van der Waals surface area contributed by atoms with Gasteiger partial charge >= 0.3 is 0 Å². The molecule has 2 nitrogen and oxygen atoms in total. The fourth-order valence-electron chi connectivity index (χ4n) is 2.48. The van der Waals surface area contributed by atoms with E-state index in [0.717, 1.165) is 18.1 Å². The van der Waals surface area contributed by atoms with Crippen LogP contribution >= 0.6 is 0 Å². The van der Waals surface area contributed by atoms with Gasteiger partial charge in [0.25, 0.3) is 0 Å². The highest BCUT2D eigenvalue weighted by atomic mass is 16.3. The molecule has 1 aromatic heterocycles. The molecule has 1 unspecified atom stereocenters. The molecular formula is C12H19NO. The minimum atomic E-state index is 0.105. The summed E-state index contributed by atoms with van der Waals surface area (Å²) >= 11 is 0. The monoisotopic (exact) mass is 193 g/mol. The van der Waals surface area contributed by atoms with Gasteiger partial charge in [-0.3, -0.25) is 0 Å². The fourth-order valence-corrected chi connectivity index (χ4v) is 2.48. The van der Waals surface area contributed by atoms with E-state index in [1.165, 1.54) is 31.2 Å². The Morgan fingerprint density at radius 2 is 2.21 bits per heavy atom. The zero-order valence-electron chi connectivity index (χ0n) is 8.83. The zero-order valence-corrected chi connectivity index (χ0v) is 8.83. The van der Waals surface area contributed by atoms with Crippen molar-refractivity contribution in [3.8, 4) is 0 Å². The molecule has 1 heterocycles. The van der Waals surface area contributed by atoms with Gasteiger partial charge in [0.05, 0.1) is 12.3 Å². The second kappa shape index (κ2) is 4.18. The zero-order chi connectivity index (χ0) is 9.97. The van der Waals surface area contributed by atoms with Crippen LogP contribution in [0.15, 0.2) is 16.7 Å². The first-order chi connectivity index (χ1) is 6.77. The standard InChI is InChI=1S/C12H19NO/c1-9-6-7-14-12(9)11(13)8-10-4-2-3-5-10/h6-7,10-11H,2-5,8,13H2,1H3. The summed E-state index contributed by atoms with van der Waals surface area (Å²) in [7, 11) is 0. The number of hydrogen-bond acceptors (Lipinski definition) is 2. The third-order valence-corrected chi connectivity index (χ3v) is 3.30. The van der Waals surface area contributed by atoms with E-state index in [0.29, 0.717) is 0 Å². The number of aryl methyl sites for hydroxylation is 1. The first kappa shape index (κ1) is 9.78. The van der Waals surface area contributed by atoms with Gasteiger partial charge in [0.1, 0.15) is 5.76 Å². The van der Waals surface area contributed by atoms with Crippen molar-refractivity contribution in [2.75, 3.05) is 0 Å². The lowest BCUT2D eigenvalue weighted by Gasteiger charge is -2.14. The molecule has 1 fully saturated rings. The Morgan fingerprint density at radius 3 is 2.79 bits per heavy atom. The Bertz CT molecular complexity index is 286. The van der Waals surface area contributed by atoms with Crippen molar-refractivity contribution in [2.24, 2.45) is 11.7 Å². The van der Waals surface area contributed by atoms with Crippen LogP contribution in [0.2, 0.25) is 0 Å². The molecule has 0 saturated heterocycles. The van der Waals surface area contributed by atoms with Crippen LogP contribution in [0.1, 0.15) is 49.5 Å². The Labute approximate surface area is 85.5 Å². The molecule has 0 aliphatic heterocycles. The summed E-state index contributed by atoms with van der Waals surface area (Å²) in [4.78, 5) is 0. The molecular weight excluding hydrogens is 174 g/mol. The van der Waals surface area contributed by atoms with Crippen molar-refractivity contribution in [3.05, 3.63) is 23.7 Å². The lowest BCUT2D eigenvalue weighted by atomic mass is 9.96. The lowest BCUT2D eigenvalue weighted by molar-refractivity contribution is 0.389. The van der Waals surface area contributed by atoms with Crippen molar-refractivity contribution < 1.29 is 4.42 Å². The molecule has 0 aromatic carbocycles. The van der Waals surface area contributed by atoms with Crippen LogP contribution in [0.4, 0.5) is 0 Å². The molecule has 1 saturated carbocycles. The lowest BCUT2D eigenvalue weighted by Crippen LogP contribution is -2.14. The average molecular weight is 193 g/mol. The van der Waals surface area contributed by atoms with Crippen molar-refractivity contribution in [2.45, 2.75) is 45.1 Å². The van der Waals surface area contributed by atoms with Crippen LogP contribution in [-0.2, 0) is 0 Å². The largest absolute Gasteiger partial charge is 0.467 e. The molecule has 1 aliphatic rings. The summed E-state index contributed by atoms with van der Waals surface area (Å²) in [6.45, 7) is 2.06. The van der Waals surface area contributed by atoms with Crippen molar-refractivity contribution in [3.63, 3.8) is 0 Å². The van der Waals surface area contributed by atoms with Gasteiger partial charge in [-0.15, -0.1) is 0 Å². The molecule has 14 heavy (non-hydrogen) atoms. The number of nitrogens with two attached hydrogens (primary N) is 1. The van der Waals surface area contributed by atoms with Crippen LogP contribution in [0, 0.1) is 12.8 Å². The maximum atomic E-state index is 6.13. The van der Waals surface area contributed by atoms with Gasteiger partial charge in [-0.25, -0.2) is 0 Å². The van der Waals surface area contributed by atoms with E-state index in [4.69, 9.17) is 10.2 Å². The molecule has 2 heteroatoms. The second-order valence-corrected chi connectivity index (χ2v) is 4.46. The van der Waals surface area contributed by atoms with E-state index in [9.17, 15) is 0 Å². The molecule has 78 valence electrons. The smallest absolute Gasteiger partial charge is 0.123 e. The topological polar surface area (TPSA) is 39.2 Å². The summed E-state index contributed by atoms with van der Waals surface area (Å²) < 4.78 is 5.41. The van der Waals surface area contributed by atoms with E-state index in [2.05, 4.69) is 6.92 Å². The quantitative estimate of drug-likeness (QED) is 0.800. The average Bonchev–Trinajstić information content (AvgIpc) is 2.75. The minimum Gasteiger partial charge on any atom is -0.467 e. The SMILES string of the molecule is Cc1ccoc1C(N)CC1CCCC1. The first-order valence-corrected chi connectivity index (χ1v) is 5.57. The van der Waals surface area contributed by atoms with Crippen LogP contribution in [0.5, 0.6) is 0 Å². The normalized spacial score (nSPS) is 20.1. The highest BCUT2D eigenvalue weighted by Crippen LogP contribution is 2.32. The summed E-state index contributed by atoms with van der Waals surface area (Å²) in [6.07, 6.45) is 8.30. The summed E-state index contributed by atoms with van der Waals surface area (Å²) in [5.74, 6) is 1.81. The molecule has 1 aliphatic carbocycles. The molecule has 2 N–H and O–H groups in total. The van der Waals surface area contributed by atoms with Gasteiger partial charge in [0, 0.05) is 0 Å². The second-order valence-electron chi connectivity index (χ2n) is 4.46. The maximum absolute atomic E-state index is 6.13. The van der Waals surface area contributed by atoms with E-state index >= 15 is 0 Å². The van der Waals surface area contributed by atoms with Crippen LogP contribution < -0.4 is 5.73 Å². The predicted molar refractivity (Wildman–Crippen MR) is 56.9 cm³/mol.